The molecule has 5 rings (SSSR count). The fourth-order valence-corrected chi connectivity index (χ4v) is 8.99. The number of ketones is 1. The molecule has 0 radical (unpaired) electrons. The van der Waals surface area contributed by atoms with Gasteiger partial charge < -0.3 is 14.6 Å². The highest BCUT2D eigenvalue weighted by Gasteiger charge is 2.66. The SMILES string of the molecule is CCO[C@]1(C(C)=O)CC[C@H]2[C@@H]3CC=C4CC(O)(OCc5ccc(CC)cc5)CC[C@]4(C)[C@H]3CC[C@@]21C. The molecule has 4 aliphatic rings. The van der Waals surface area contributed by atoms with Gasteiger partial charge in [0.15, 0.2) is 11.6 Å². The zero-order chi connectivity index (χ0) is 25.8. The maximum Gasteiger partial charge on any atom is 0.169 e. The normalized spacial score (nSPS) is 41.7. The van der Waals surface area contributed by atoms with E-state index in [2.05, 4.69) is 51.1 Å². The van der Waals surface area contributed by atoms with Crippen molar-refractivity contribution in [2.45, 2.75) is 110 Å². The van der Waals surface area contributed by atoms with Crippen LogP contribution in [0.25, 0.3) is 0 Å². The molecule has 1 aromatic rings. The molecule has 198 valence electrons. The van der Waals surface area contributed by atoms with E-state index in [0.29, 0.717) is 43.8 Å². The third-order valence-electron chi connectivity index (χ3n) is 11.1. The highest BCUT2D eigenvalue weighted by atomic mass is 16.6. The molecule has 4 nitrogen and oxygen atoms in total. The van der Waals surface area contributed by atoms with Crippen LogP contribution >= 0.6 is 0 Å². The molecule has 0 saturated heterocycles. The third kappa shape index (κ3) is 3.94. The van der Waals surface area contributed by atoms with E-state index in [1.54, 1.807) is 6.92 Å². The zero-order valence-electron chi connectivity index (χ0n) is 23.1. The Morgan fingerprint density at radius 1 is 0.972 bits per heavy atom. The van der Waals surface area contributed by atoms with Crippen molar-refractivity contribution in [1.82, 2.24) is 0 Å². The maximum atomic E-state index is 13.0. The van der Waals surface area contributed by atoms with Crippen LogP contribution in [0.3, 0.4) is 0 Å². The van der Waals surface area contributed by atoms with Crippen LogP contribution in [0, 0.1) is 28.6 Å². The molecule has 0 bridgehead atoms. The van der Waals surface area contributed by atoms with Gasteiger partial charge in [0.25, 0.3) is 0 Å². The van der Waals surface area contributed by atoms with E-state index < -0.39 is 11.4 Å². The minimum Gasteiger partial charge on any atom is -0.367 e. The molecule has 4 aliphatic carbocycles. The number of aryl methyl sites for hydroxylation is 1. The number of ether oxygens (including phenoxy) is 2. The first kappa shape index (κ1) is 26.1. The van der Waals surface area contributed by atoms with Gasteiger partial charge in [-0.15, -0.1) is 0 Å². The summed E-state index contributed by atoms with van der Waals surface area (Å²) in [6, 6.07) is 8.53. The summed E-state index contributed by atoms with van der Waals surface area (Å²) in [7, 11) is 0. The second-order valence-corrected chi connectivity index (χ2v) is 12.7. The second-order valence-electron chi connectivity index (χ2n) is 12.7. The number of aliphatic hydroxyl groups is 1. The van der Waals surface area contributed by atoms with Crippen LogP contribution in [0.2, 0.25) is 0 Å². The fraction of sp³-hybridized carbons (Fsp3) is 0.719. The van der Waals surface area contributed by atoms with Crippen LogP contribution in [0.5, 0.6) is 0 Å². The minimum absolute atomic E-state index is 0.0798. The maximum absolute atomic E-state index is 13.0. The summed E-state index contributed by atoms with van der Waals surface area (Å²) in [5.41, 5.74) is 3.24. The summed E-state index contributed by atoms with van der Waals surface area (Å²) in [5.74, 6) is 0.839. The van der Waals surface area contributed by atoms with Gasteiger partial charge in [-0.2, -0.15) is 0 Å². The molecule has 0 aromatic heterocycles. The molecule has 0 heterocycles. The predicted molar refractivity (Wildman–Crippen MR) is 142 cm³/mol. The van der Waals surface area contributed by atoms with E-state index in [0.717, 1.165) is 50.5 Å². The molecule has 7 atom stereocenters. The van der Waals surface area contributed by atoms with Crippen LogP contribution in [-0.2, 0) is 27.3 Å². The second kappa shape index (κ2) is 9.36. The van der Waals surface area contributed by atoms with Crippen molar-refractivity contribution in [3.8, 4) is 0 Å². The summed E-state index contributed by atoms with van der Waals surface area (Å²) < 4.78 is 12.5. The van der Waals surface area contributed by atoms with E-state index in [-0.39, 0.29) is 16.6 Å². The highest BCUT2D eigenvalue weighted by molar-refractivity contribution is 5.86. The van der Waals surface area contributed by atoms with Gasteiger partial charge in [-0.1, -0.05) is 56.7 Å². The van der Waals surface area contributed by atoms with E-state index in [4.69, 9.17) is 9.47 Å². The lowest BCUT2D eigenvalue weighted by molar-refractivity contribution is -0.232. The average Bonchev–Trinajstić information content (AvgIpc) is 3.17. The zero-order valence-corrected chi connectivity index (χ0v) is 23.1. The number of allylic oxidation sites excluding steroid dienone is 1. The number of fused-ring (bicyclic) bond motifs is 5. The number of hydrogen-bond donors (Lipinski definition) is 1. The minimum atomic E-state index is -1.09. The number of benzene rings is 1. The number of rotatable bonds is 7. The van der Waals surface area contributed by atoms with Gasteiger partial charge in [-0.05, 0) is 93.1 Å². The third-order valence-corrected chi connectivity index (χ3v) is 11.1. The van der Waals surface area contributed by atoms with E-state index in [1.165, 1.54) is 11.1 Å². The monoisotopic (exact) mass is 494 g/mol. The Balaban J connectivity index is 1.33. The van der Waals surface area contributed by atoms with Crippen LogP contribution in [0.1, 0.15) is 97.1 Å². The van der Waals surface area contributed by atoms with Crippen molar-refractivity contribution < 1.29 is 19.4 Å². The lowest BCUT2D eigenvalue weighted by atomic mass is 9.46. The van der Waals surface area contributed by atoms with Crippen LogP contribution in [0.4, 0.5) is 0 Å². The number of hydrogen-bond acceptors (Lipinski definition) is 4. The largest absolute Gasteiger partial charge is 0.367 e. The fourth-order valence-electron chi connectivity index (χ4n) is 8.99. The number of carbonyl (C=O) groups excluding carboxylic acids is 1. The quantitative estimate of drug-likeness (QED) is 0.335. The van der Waals surface area contributed by atoms with Gasteiger partial charge in [-0.25, -0.2) is 0 Å². The van der Waals surface area contributed by atoms with Crippen LogP contribution in [-0.4, -0.2) is 28.9 Å². The van der Waals surface area contributed by atoms with Crippen molar-refractivity contribution in [1.29, 1.82) is 0 Å². The molecular formula is C32H46O4. The first-order valence-corrected chi connectivity index (χ1v) is 14.4. The molecule has 0 aliphatic heterocycles. The molecule has 0 spiro atoms. The van der Waals surface area contributed by atoms with Crippen molar-refractivity contribution >= 4 is 5.78 Å². The first-order valence-electron chi connectivity index (χ1n) is 14.4. The van der Waals surface area contributed by atoms with Gasteiger partial charge in [0.2, 0.25) is 0 Å². The lowest BCUT2D eigenvalue weighted by Gasteiger charge is -2.60. The summed E-state index contributed by atoms with van der Waals surface area (Å²) >= 11 is 0. The number of Topliss-reactive ketones (excluding diaryl/α,β-unsaturated/α-hetero) is 1. The summed E-state index contributed by atoms with van der Waals surface area (Å²) in [5, 5.41) is 11.4. The Labute approximate surface area is 217 Å². The Hall–Kier alpha value is -1.49. The van der Waals surface area contributed by atoms with Gasteiger partial charge in [-0.3, -0.25) is 4.79 Å². The van der Waals surface area contributed by atoms with Crippen LogP contribution in [0.15, 0.2) is 35.9 Å². The van der Waals surface area contributed by atoms with Crippen LogP contribution < -0.4 is 0 Å². The van der Waals surface area contributed by atoms with E-state index in [1.807, 2.05) is 6.92 Å². The van der Waals surface area contributed by atoms with Crippen molar-refractivity contribution in [2.24, 2.45) is 28.6 Å². The van der Waals surface area contributed by atoms with Gasteiger partial charge in [0.05, 0.1) is 6.61 Å². The number of carbonyl (C=O) groups is 1. The molecule has 4 heteroatoms. The smallest absolute Gasteiger partial charge is 0.169 e. The molecule has 1 unspecified atom stereocenters. The Morgan fingerprint density at radius 2 is 1.67 bits per heavy atom. The van der Waals surface area contributed by atoms with Crippen molar-refractivity contribution in [3.63, 3.8) is 0 Å². The van der Waals surface area contributed by atoms with E-state index >= 15 is 0 Å². The standard InChI is InChI=1S/C32H46O4/c1-6-23-8-10-24(11-9-23)21-36-31(34)19-18-29(4)25(20-31)12-13-26-27(29)14-16-30(5)28(26)15-17-32(30,22(3)33)35-7-2/h8-12,26-28,34H,6-7,13-21H2,1-5H3/t26-,27+,28+,29+,30+,31?,32+/m1/s1. The Morgan fingerprint density at radius 3 is 2.33 bits per heavy atom. The lowest BCUT2D eigenvalue weighted by Crippen LogP contribution is -2.58. The molecule has 3 fully saturated rings. The highest BCUT2D eigenvalue weighted by Crippen LogP contribution is 2.68. The average molecular weight is 495 g/mol. The summed E-state index contributed by atoms with van der Waals surface area (Å²) in [4.78, 5) is 13.0. The first-order chi connectivity index (χ1) is 17.1. The van der Waals surface area contributed by atoms with Gasteiger partial charge in [0, 0.05) is 24.9 Å². The molecular weight excluding hydrogens is 448 g/mol. The Bertz CT molecular complexity index is 1010. The summed E-state index contributed by atoms with van der Waals surface area (Å²) in [6.45, 7) is 11.8. The molecule has 1 aromatic carbocycles. The Kier molecular flexibility index (Phi) is 6.79. The topological polar surface area (TPSA) is 55.8 Å². The molecule has 3 saturated carbocycles. The van der Waals surface area contributed by atoms with Crippen molar-refractivity contribution in [2.75, 3.05) is 6.61 Å². The van der Waals surface area contributed by atoms with E-state index in [9.17, 15) is 9.90 Å². The molecule has 1 N–H and O–H groups in total. The molecule has 0 amide bonds. The van der Waals surface area contributed by atoms with Gasteiger partial charge in [0.1, 0.15) is 5.60 Å². The molecule has 36 heavy (non-hydrogen) atoms. The predicted octanol–water partition coefficient (Wildman–Crippen LogP) is 6.78. The summed E-state index contributed by atoms with van der Waals surface area (Å²) in [6.07, 6.45) is 10.9. The van der Waals surface area contributed by atoms with Gasteiger partial charge >= 0.3 is 0 Å². The van der Waals surface area contributed by atoms with Crippen molar-refractivity contribution in [3.05, 3.63) is 47.0 Å².